The molecule has 144 valence electrons. The van der Waals surface area contributed by atoms with E-state index in [1.807, 2.05) is 62.4 Å². The normalized spacial score (nSPS) is 10.9. The van der Waals surface area contributed by atoms with E-state index in [2.05, 4.69) is 21.2 Å². The van der Waals surface area contributed by atoms with Crippen molar-refractivity contribution in [2.75, 3.05) is 5.32 Å². The van der Waals surface area contributed by atoms with E-state index in [1.165, 1.54) is 12.1 Å². The molecule has 29 heavy (non-hydrogen) atoms. The maximum absolute atomic E-state index is 14.3. The molecule has 1 heterocycles. The van der Waals surface area contributed by atoms with Gasteiger partial charge >= 0.3 is 0 Å². The SMILES string of the molecule is Cc1ccc(-c2nc3ccccc3c(C(=O)Nc3ccc(Br)cc3F)c2C)cc1. The van der Waals surface area contributed by atoms with E-state index in [0.29, 0.717) is 10.0 Å². The summed E-state index contributed by atoms with van der Waals surface area (Å²) in [5.41, 5.74) is 4.92. The van der Waals surface area contributed by atoms with E-state index < -0.39 is 5.82 Å². The molecule has 0 unspecified atom stereocenters. The van der Waals surface area contributed by atoms with Gasteiger partial charge in [0.2, 0.25) is 0 Å². The van der Waals surface area contributed by atoms with Crippen LogP contribution in [0.5, 0.6) is 0 Å². The minimum Gasteiger partial charge on any atom is -0.319 e. The minimum atomic E-state index is -0.498. The number of benzene rings is 3. The molecule has 3 aromatic carbocycles. The number of aryl methyl sites for hydroxylation is 1. The van der Waals surface area contributed by atoms with Gasteiger partial charge in [-0.1, -0.05) is 64.0 Å². The topological polar surface area (TPSA) is 42.0 Å². The summed E-state index contributed by atoms with van der Waals surface area (Å²) in [5, 5.41) is 3.44. The quantitative estimate of drug-likeness (QED) is 0.380. The fraction of sp³-hybridized carbons (Fsp3) is 0.0833. The summed E-state index contributed by atoms with van der Waals surface area (Å²) in [6, 6.07) is 20.1. The Kier molecular flexibility index (Phi) is 5.16. The summed E-state index contributed by atoms with van der Waals surface area (Å²) in [6.45, 7) is 3.90. The van der Waals surface area contributed by atoms with E-state index in [9.17, 15) is 9.18 Å². The van der Waals surface area contributed by atoms with E-state index in [1.54, 1.807) is 6.07 Å². The van der Waals surface area contributed by atoms with Crippen molar-refractivity contribution < 1.29 is 9.18 Å². The van der Waals surface area contributed by atoms with Gasteiger partial charge in [0.25, 0.3) is 5.91 Å². The molecule has 0 fully saturated rings. The van der Waals surface area contributed by atoms with Gasteiger partial charge in [-0.15, -0.1) is 0 Å². The number of fused-ring (bicyclic) bond motifs is 1. The van der Waals surface area contributed by atoms with Crippen molar-refractivity contribution in [1.82, 2.24) is 4.98 Å². The van der Waals surface area contributed by atoms with Crippen LogP contribution in [0.3, 0.4) is 0 Å². The molecular weight excluding hydrogens is 431 g/mol. The molecule has 3 nitrogen and oxygen atoms in total. The predicted molar refractivity (Wildman–Crippen MR) is 119 cm³/mol. The molecule has 4 aromatic rings. The van der Waals surface area contributed by atoms with Gasteiger partial charge in [0.05, 0.1) is 22.5 Å². The summed E-state index contributed by atoms with van der Waals surface area (Å²) in [4.78, 5) is 18.0. The molecule has 4 rings (SSSR count). The average Bonchev–Trinajstić information content (AvgIpc) is 2.70. The fourth-order valence-corrected chi connectivity index (χ4v) is 3.70. The number of carbonyl (C=O) groups is 1. The lowest BCUT2D eigenvalue weighted by atomic mass is 9.96. The van der Waals surface area contributed by atoms with Gasteiger partial charge in [0.1, 0.15) is 5.82 Å². The minimum absolute atomic E-state index is 0.135. The van der Waals surface area contributed by atoms with E-state index in [0.717, 1.165) is 33.3 Å². The highest BCUT2D eigenvalue weighted by Crippen LogP contribution is 2.31. The Morgan fingerprint density at radius 3 is 2.45 bits per heavy atom. The van der Waals surface area contributed by atoms with Gasteiger partial charge in [-0.25, -0.2) is 9.37 Å². The van der Waals surface area contributed by atoms with Crippen molar-refractivity contribution in [1.29, 1.82) is 0 Å². The summed E-state index contributed by atoms with van der Waals surface area (Å²) in [6.07, 6.45) is 0. The van der Waals surface area contributed by atoms with Gasteiger partial charge in [-0.3, -0.25) is 4.79 Å². The van der Waals surface area contributed by atoms with E-state index in [4.69, 9.17) is 4.98 Å². The number of amides is 1. The Morgan fingerprint density at radius 1 is 1.00 bits per heavy atom. The molecule has 1 aromatic heterocycles. The second kappa shape index (κ2) is 7.76. The van der Waals surface area contributed by atoms with Crippen LogP contribution in [0.2, 0.25) is 0 Å². The molecule has 0 saturated heterocycles. The molecule has 1 amide bonds. The van der Waals surface area contributed by atoms with Crippen LogP contribution in [-0.2, 0) is 0 Å². The van der Waals surface area contributed by atoms with Crippen LogP contribution in [0, 0.1) is 19.7 Å². The number of aromatic nitrogens is 1. The molecule has 0 saturated carbocycles. The number of hydrogen-bond acceptors (Lipinski definition) is 2. The molecule has 0 atom stereocenters. The lowest BCUT2D eigenvalue weighted by Gasteiger charge is -2.15. The van der Waals surface area contributed by atoms with Crippen LogP contribution in [0.25, 0.3) is 22.2 Å². The monoisotopic (exact) mass is 448 g/mol. The van der Waals surface area contributed by atoms with Gasteiger partial charge in [-0.05, 0) is 43.7 Å². The van der Waals surface area contributed by atoms with Crippen molar-refractivity contribution >= 4 is 38.4 Å². The third-order valence-electron chi connectivity index (χ3n) is 4.87. The third-order valence-corrected chi connectivity index (χ3v) is 5.36. The highest BCUT2D eigenvalue weighted by Gasteiger charge is 2.20. The first-order chi connectivity index (χ1) is 13.9. The Hall–Kier alpha value is -3.05. The van der Waals surface area contributed by atoms with Crippen molar-refractivity contribution in [2.24, 2.45) is 0 Å². The van der Waals surface area contributed by atoms with Crippen molar-refractivity contribution in [3.8, 4) is 11.3 Å². The van der Waals surface area contributed by atoms with Crippen LogP contribution >= 0.6 is 15.9 Å². The number of para-hydroxylation sites is 1. The number of pyridine rings is 1. The lowest BCUT2D eigenvalue weighted by molar-refractivity contribution is 0.102. The Labute approximate surface area is 176 Å². The standard InChI is InChI=1S/C24H18BrFN2O/c1-14-7-9-16(10-8-14)23-15(2)22(18-5-3-4-6-20(18)27-23)24(29)28-21-12-11-17(25)13-19(21)26/h3-13H,1-2H3,(H,28,29). The second-order valence-electron chi connectivity index (χ2n) is 6.92. The Balaban J connectivity index is 1.87. The predicted octanol–water partition coefficient (Wildman–Crippen LogP) is 6.67. The molecular formula is C24H18BrFN2O. The zero-order chi connectivity index (χ0) is 20.5. The molecule has 0 aliphatic heterocycles. The summed E-state index contributed by atoms with van der Waals surface area (Å²) in [7, 11) is 0. The van der Waals surface area contributed by atoms with Crippen LogP contribution in [0.1, 0.15) is 21.5 Å². The smallest absolute Gasteiger partial charge is 0.256 e. The zero-order valence-corrected chi connectivity index (χ0v) is 17.5. The first kappa shape index (κ1) is 19.3. The number of anilines is 1. The number of nitrogens with one attached hydrogen (secondary N) is 1. The van der Waals surface area contributed by atoms with Gasteiger partial charge in [0, 0.05) is 15.4 Å². The summed E-state index contributed by atoms with van der Waals surface area (Å²) in [5.74, 6) is -0.863. The van der Waals surface area contributed by atoms with Crippen LogP contribution in [0.4, 0.5) is 10.1 Å². The molecule has 1 N–H and O–H groups in total. The van der Waals surface area contributed by atoms with Crippen molar-refractivity contribution in [3.63, 3.8) is 0 Å². The van der Waals surface area contributed by atoms with Gasteiger partial charge in [0.15, 0.2) is 0 Å². The maximum Gasteiger partial charge on any atom is 0.256 e. The maximum atomic E-state index is 14.3. The Morgan fingerprint density at radius 2 is 1.72 bits per heavy atom. The highest BCUT2D eigenvalue weighted by atomic mass is 79.9. The van der Waals surface area contributed by atoms with E-state index >= 15 is 0 Å². The summed E-state index contributed by atoms with van der Waals surface area (Å²) >= 11 is 3.23. The molecule has 0 radical (unpaired) electrons. The zero-order valence-electron chi connectivity index (χ0n) is 16.0. The van der Waals surface area contributed by atoms with Crippen molar-refractivity contribution in [3.05, 3.63) is 93.7 Å². The van der Waals surface area contributed by atoms with Crippen molar-refractivity contribution in [2.45, 2.75) is 13.8 Å². The molecule has 5 heteroatoms. The number of nitrogens with zero attached hydrogens (tertiary/aromatic N) is 1. The van der Waals surface area contributed by atoms with Crippen LogP contribution < -0.4 is 5.32 Å². The number of rotatable bonds is 3. The lowest BCUT2D eigenvalue weighted by Crippen LogP contribution is -2.16. The summed E-state index contributed by atoms with van der Waals surface area (Å²) < 4.78 is 14.9. The third kappa shape index (κ3) is 3.78. The first-order valence-corrected chi connectivity index (χ1v) is 9.96. The van der Waals surface area contributed by atoms with Crippen LogP contribution in [-0.4, -0.2) is 10.9 Å². The molecule has 0 aliphatic rings. The fourth-order valence-electron chi connectivity index (χ4n) is 3.37. The molecule has 0 bridgehead atoms. The second-order valence-corrected chi connectivity index (χ2v) is 7.84. The molecule has 0 aliphatic carbocycles. The largest absolute Gasteiger partial charge is 0.319 e. The van der Waals surface area contributed by atoms with Gasteiger partial charge < -0.3 is 5.32 Å². The Bertz CT molecular complexity index is 1240. The number of hydrogen-bond donors (Lipinski definition) is 1. The number of halogens is 2. The van der Waals surface area contributed by atoms with Crippen LogP contribution in [0.15, 0.2) is 71.2 Å². The number of carbonyl (C=O) groups excluding carboxylic acids is 1. The van der Waals surface area contributed by atoms with Gasteiger partial charge in [-0.2, -0.15) is 0 Å². The van der Waals surface area contributed by atoms with E-state index in [-0.39, 0.29) is 11.6 Å². The molecule has 0 spiro atoms. The average molecular weight is 449 g/mol. The highest BCUT2D eigenvalue weighted by molar-refractivity contribution is 9.10. The first-order valence-electron chi connectivity index (χ1n) is 9.17.